The largest absolute Gasteiger partial charge is 0.397 e. The van der Waals surface area contributed by atoms with Gasteiger partial charge in [-0.15, -0.1) is 0 Å². The van der Waals surface area contributed by atoms with Crippen LogP contribution in [0.15, 0.2) is 66.7 Å². The minimum absolute atomic E-state index is 0.604. The van der Waals surface area contributed by atoms with Gasteiger partial charge in [0, 0.05) is 18.7 Å². The lowest BCUT2D eigenvalue weighted by Crippen LogP contribution is -2.08. The first kappa shape index (κ1) is 14.0. The van der Waals surface area contributed by atoms with Crippen LogP contribution < -0.4 is 5.73 Å². The number of rotatable bonds is 4. The molecule has 3 heteroatoms. The normalized spacial score (nSPS) is 10.3. The van der Waals surface area contributed by atoms with Gasteiger partial charge in [0.2, 0.25) is 0 Å². The monoisotopic (exact) mass is 287 g/mol. The first-order valence-corrected chi connectivity index (χ1v) is 7.24. The summed E-state index contributed by atoms with van der Waals surface area (Å²) < 4.78 is 2.01. The van der Waals surface area contributed by atoms with Crippen molar-refractivity contribution in [2.24, 2.45) is 0 Å². The molecule has 3 nitrogen and oxygen atoms in total. The highest BCUT2D eigenvalue weighted by Crippen LogP contribution is 2.23. The number of nitrogens with zero attached hydrogens (tertiary/aromatic N) is 2. The number of nitriles is 1. The molecule has 108 valence electrons. The standard InChI is InChI=1S/C19H17N3/c20-13-17-12-18(21)19(11-15-7-3-1-4-8-15)22(17)14-16-9-5-2-6-10-16/h1-10,12H,11,14,21H2. The van der Waals surface area contributed by atoms with Crippen LogP contribution in [-0.2, 0) is 13.0 Å². The Labute approximate surface area is 130 Å². The number of hydrogen-bond acceptors (Lipinski definition) is 2. The molecule has 0 saturated heterocycles. The van der Waals surface area contributed by atoms with Crippen LogP contribution in [0, 0.1) is 11.3 Å². The predicted octanol–water partition coefficient (Wildman–Crippen LogP) is 3.58. The Bertz CT molecular complexity index is 796. The van der Waals surface area contributed by atoms with Gasteiger partial charge in [0.15, 0.2) is 0 Å². The van der Waals surface area contributed by atoms with Gasteiger partial charge in [-0.3, -0.25) is 0 Å². The van der Waals surface area contributed by atoms with Crippen molar-refractivity contribution in [3.63, 3.8) is 0 Å². The number of aromatic nitrogens is 1. The average Bonchev–Trinajstić information content (AvgIpc) is 2.85. The highest BCUT2D eigenvalue weighted by molar-refractivity contribution is 5.52. The van der Waals surface area contributed by atoms with Gasteiger partial charge < -0.3 is 10.3 Å². The first-order chi connectivity index (χ1) is 10.8. The second kappa shape index (κ2) is 6.19. The number of nitrogens with two attached hydrogens (primary N) is 1. The van der Waals surface area contributed by atoms with Gasteiger partial charge in [-0.1, -0.05) is 60.7 Å². The van der Waals surface area contributed by atoms with E-state index >= 15 is 0 Å². The molecule has 0 aliphatic rings. The molecule has 0 atom stereocenters. The summed E-state index contributed by atoms with van der Waals surface area (Å²) in [5, 5.41) is 9.37. The number of nitrogen functional groups attached to an aromatic ring is 1. The van der Waals surface area contributed by atoms with Crippen LogP contribution >= 0.6 is 0 Å². The summed E-state index contributed by atoms with van der Waals surface area (Å²) in [7, 11) is 0. The third-order valence-electron chi connectivity index (χ3n) is 3.75. The van der Waals surface area contributed by atoms with Crippen molar-refractivity contribution in [2.45, 2.75) is 13.0 Å². The molecule has 2 aromatic carbocycles. The Hall–Kier alpha value is -2.99. The van der Waals surface area contributed by atoms with Crippen LogP contribution in [0.4, 0.5) is 5.69 Å². The van der Waals surface area contributed by atoms with Gasteiger partial charge in [-0.05, 0) is 17.2 Å². The van der Waals surface area contributed by atoms with Gasteiger partial charge >= 0.3 is 0 Å². The molecule has 3 aromatic rings. The summed E-state index contributed by atoms with van der Waals surface area (Å²) in [6.45, 7) is 0.656. The van der Waals surface area contributed by atoms with E-state index in [9.17, 15) is 5.26 Å². The fourth-order valence-corrected chi connectivity index (χ4v) is 2.64. The van der Waals surface area contributed by atoms with Crippen molar-refractivity contribution >= 4 is 5.69 Å². The highest BCUT2D eigenvalue weighted by Gasteiger charge is 2.13. The first-order valence-electron chi connectivity index (χ1n) is 7.24. The van der Waals surface area contributed by atoms with Crippen LogP contribution in [0.5, 0.6) is 0 Å². The summed E-state index contributed by atoms with van der Waals surface area (Å²) in [6, 6.07) is 24.3. The van der Waals surface area contributed by atoms with Gasteiger partial charge in [-0.25, -0.2) is 0 Å². The van der Waals surface area contributed by atoms with Crippen molar-refractivity contribution in [3.05, 3.63) is 89.2 Å². The van der Waals surface area contributed by atoms with Gasteiger partial charge in [0.1, 0.15) is 11.8 Å². The van der Waals surface area contributed by atoms with E-state index in [0.29, 0.717) is 17.9 Å². The Morgan fingerprint density at radius 2 is 1.50 bits per heavy atom. The Morgan fingerprint density at radius 3 is 2.09 bits per heavy atom. The molecule has 3 rings (SSSR count). The van der Waals surface area contributed by atoms with Crippen molar-refractivity contribution < 1.29 is 0 Å². The molecule has 0 fully saturated rings. The van der Waals surface area contributed by atoms with Gasteiger partial charge in [0.05, 0.1) is 5.69 Å². The minimum Gasteiger partial charge on any atom is -0.397 e. The summed E-state index contributed by atoms with van der Waals surface area (Å²) in [5.41, 5.74) is 10.8. The SMILES string of the molecule is N#Cc1cc(N)c(Cc2ccccc2)n1Cc1ccccc1. The molecule has 0 radical (unpaired) electrons. The highest BCUT2D eigenvalue weighted by atomic mass is 15.0. The van der Waals surface area contributed by atoms with E-state index in [-0.39, 0.29) is 0 Å². The van der Waals surface area contributed by atoms with Crippen molar-refractivity contribution in [3.8, 4) is 6.07 Å². The fourth-order valence-electron chi connectivity index (χ4n) is 2.64. The van der Waals surface area contributed by atoms with Crippen LogP contribution in [0.3, 0.4) is 0 Å². The van der Waals surface area contributed by atoms with Crippen LogP contribution in [-0.4, -0.2) is 4.57 Å². The van der Waals surface area contributed by atoms with E-state index in [1.165, 1.54) is 5.56 Å². The van der Waals surface area contributed by atoms with Crippen molar-refractivity contribution in [1.82, 2.24) is 4.57 Å². The second-order valence-electron chi connectivity index (χ2n) is 5.28. The molecule has 0 amide bonds. The van der Waals surface area contributed by atoms with Gasteiger partial charge in [0.25, 0.3) is 0 Å². The van der Waals surface area contributed by atoms with Crippen molar-refractivity contribution in [1.29, 1.82) is 5.26 Å². The average molecular weight is 287 g/mol. The molecule has 1 heterocycles. The van der Waals surface area contributed by atoms with Crippen LogP contribution in [0.2, 0.25) is 0 Å². The number of benzene rings is 2. The van der Waals surface area contributed by atoms with Crippen molar-refractivity contribution in [2.75, 3.05) is 5.73 Å². The lowest BCUT2D eigenvalue weighted by atomic mass is 10.1. The quantitative estimate of drug-likeness (QED) is 0.797. The number of anilines is 1. The molecule has 0 saturated carbocycles. The van der Waals surface area contributed by atoms with E-state index in [4.69, 9.17) is 5.73 Å². The third-order valence-corrected chi connectivity index (χ3v) is 3.75. The Balaban J connectivity index is 1.99. The molecule has 0 unspecified atom stereocenters. The number of hydrogen-bond donors (Lipinski definition) is 1. The maximum Gasteiger partial charge on any atom is 0.122 e. The maximum atomic E-state index is 9.37. The lowest BCUT2D eigenvalue weighted by Gasteiger charge is -2.12. The van der Waals surface area contributed by atoms with E-state index in [2.05, 4.69) is 30.3 Å². The Morgan fingerprint density at radius 1 is 0.909 bits per heavy atom. The summed E-state index contributed by atoms with van der Waals surface area (Å²) in [6.07, 6.45) is 0.723. The summed E-state index contributed by atoms with van der Waals surface area (Å²) in [5.74, 6) is 0. The van der Waals surface area contributed by atoms with Gasteiger partial charge in [-0.2, -0.15) is 5.26 Å². The van der Waals surface area contributed by atoms with E-state index in [0.717, 1.165) is 17.7 Å². The molecule has 0 aliphatic heterocycles. The molecule has 0 spiro atoms. The molecule has 1 aromatic heterocycles. The third kappa shape index (κ3) is 2.87. The zero-order valence-corrected chi connectivity index (χ0v) is 12.2. The Kier molecular flexibility index (Phi) is 3.93. The van der Waals surface area contributed by atoms with E-state index < -0.39 is 0 Å². The molecule has 2 N–H and O–H groups in total. The zero-order chi connectivity index (χ0) is 15.4. The minimum atomic E-state index is 0.604. The van der Waals surface area contributed by atoms with E-state index in [1.807, 2.05) is 41.0 Å². The molecule has 22 heavy (non-hydrogen) atoms. The predicted molar refractivity (Wildman–Crippen MR) is 88.4 cm³/mol. The van der Waals surface area contributed by atoms with Crippen LogP contribution in [0.1, 0.15) is 22.5 Å². The summed E-state index contributed by atoms with van der Waals surface area (Å²) in [4.78, 5) is 0. The smallest absolute Gasteiger partial charge is 0.122 e. The topological polar surface area (TPSA) is 54.7 Å². The second-order valence-corrected chi connectivity index (χ2v) is 5.28. The molecular weight excluding hydrogens is 270 g/mol. The summed E-state index contributed by atoms with van der Waals surface area (Å²) >= 11 is 0. The molecule has 0 bridgehead atoms. The van der Waals surface area contributed by atoms with E-state index in [1.54, 1.807) is 6.07 Å². The lowest BCUT2D eigenvalue weighted by molar-refractivity contribution is 0.749. The molecular formula is C19H17N3. The molecule has 0 aliphatic carbocycles. The zero-order valence-electron chi connectivity index (χ0n) is 12.2. The van der Waals surface area contributed by atoms with Crippen LogP contribution in [0.25, 0.3) is 0 Å². The maximum absolute atomic E-state index is 9.37. The fraction of sp³-hybridized carbons (Fsp3) is 0.105.